The highest BCUT2D eigenvalue weighted by molar-refractivity contribution is 6.46. The van der Waals surface area contributed by atoms with E-state index in [1.165, 1.54) is 0 Å². The van der Waals surface area contributed by atoms with Gasteiger partial charge in [-0.2, -0.15) is 0 Å². The lowest BCUT2D eigenvalue weighted by Crippen LogP contribution is -2.31. The molecule has 8 nitrogen and oxygen atoms in total. The second kappa shape index (κ2) is 10.5. The summed E-state index contributed by atoms with van der Waals surface area (Å²) in [5.41, 5.74) is 2.31. The van der Waals surface area contributed by atoms with Crippen LogP contribution in [0.4, 0.5) is 0 Å². The molecule has 3 heterocycles. The standard InChI is InChI=1S/C29H31N3O5/c1-3-15-36-23-8-5-20(6-9-23)26-25(27(33)21-7-10-24-22(17-21)16-19(2)37-24)28(34)29(35)32(26)13-4-12-31-14-11-30-18-31/h5-11,14,17-19,26,33H,3-4,12-13,15-16H2,1-2H3/b27-25+. The normalized spacial score (nSPS) is 20.2. The summed E-state index contributed by atoms with van der Waals surface area (Å²) in [6.45, 7) is 5.64. The van der Waals surface area contributed by atoms with Crippen molar-refractivity contribution in [3.8, 4) is 11.5 Å². The molecule has 0 radical (unpaired) electrons. The van der Waals surface area contributed by atoms with E-state index in [9.17, 15) is 14.7 Å². The number of aryl methyl sites for hydroxylation is 1. The third-order valence-corrected chi connectivity index (χ3v) is 6.75. The SMILES string of the molecule is CCCOc1ccc(C2/C(=C(\O)c3ccc4c(c3)CC(C)O4)C(=O)C(=O)N2CCCn2ccnc2)cc1. The van der Waals surface area contributed by atoms with Gasteiger partial charge in [0.25, 0.3) is 11.7 Å². The zero-order valence-corrected chi connectivity index (χ0v) is 21.1. The minimum atomic E-state index is -0.702. The number of rotatable bonds is 9. The van der Waals surface area contributed by atoms with Gasteiger partial charge >= 0.3 is 0 Å². The lowest BCUT2D eigenvalue weighted by Gasteiger charge is -2.25. The molecule has 5 rings (SSSR count). The van der Waals surface area contributed by atoms with Crippen LogP contribution >= 0.6 is 0 Å². The number of likely N-dealkylation sites (tertiary alicyclic amines) is 1. The number of aromatic nitrogens is 2. The number of benzene rings is 2. The number of carbonyl (C=O) groups excluding carboxylic acids is 2. The molecule has 2 aromatic carbocycles. The summed E-state index contributed by atoms with van der Waals surface area (Å²) in [4.78, 5) is 32.2. The van der Waals surface area contributed by atoms with Crippen LogP contribution in [-0.2, 0) is 22.6 Å². The Hall–Kier alpha value is -4.07. The zero-order chi connectivity index (χ0) is 25.9. The minimum absolute atomic E-state index is 0.0573. The molecule has 1 saturated heterocycles. The van der Waals surface area contributed by atoms with Gasteiger partial charge in [-0.3, -0.25) is 9.59 Å². The number of ether oxygens (including phenoxy) is 2. The van der Waals surface area contributed by atoms with Gasteiger partial charge in [0.2, 0.25) is 0 Å². The maximum absolute atomic E-state index is 13.3. The van der Waals surface area contributed by atoms with Gasteiger partial charge in [-0.25, -0.2) is 4.98 Å². The summed E-state index contributed by atoms with van der Waals surface area (Å²) in [7, 11) is 0. The molecule has 0 saturated carbocycles. The topological polar surface area (TPSA) is 93.9 Å². The average Bonchev–Trinajstić information content (AvgIpc) is 3.61. The van der Waals surface area contributed by atoms with Crippen molar-refractivity contribution in [1.29, 1.82) is 0 Å². The van der Waals surface area contributed by atoms with Crippen molar-refractivity contribution in [1.82, 2.24) is 14.5 Å². The van der Waals surface area contributed by atoms with Crippen LogP contribution in [-0.4, -0.2) is 50.5 Å². The molecule has 2 aliphatic heterocycles. The number of hydrogen-bond donors (Lipinski definition) is 1. The summed E-state index contributed by atoms with van der Waals surface area (Å²) >= 11 is 0. The number of aliphatic hydroxyl groups is 1. The Labute approximate surface area is 216 Å². The molecule has 2 aliphatic rings. The Morgan fingerprint density at radius 1 is 1.16 bits per heavy atom. The van der Waals surface area contributed by atoms with Crippen molar-refractivity contribution in [2.24, 2.45) is 0 Å². The van der Waals surface area contributed by atoms with E-state index in [0.717, 1.165) is 35.5 Å². The first-order chi connectivity index (χ1) is 18.0. The van der Waals surface area contributed by atoms with Crippen molar-refractivity contribution >= 4 is 17.4 Å². The Morgan fingerprint density at radius 2 is 1.97 bits per heavy atom. The molecule has 1 N–H and O–H groups in total. The molecule has 1 fully saturated rings. The Morgan fingerprint density at radius 3 is 2.70 bits per heavy atom. The summed E-state index contributed by atoms with van der Waals surface area (Å²) in [5.74, 6) is 0.0379. The number of carbonyl (C=O) groups is 2. The predicted octanol–water partition coefficient (Wildman–Crippen LogP) is 4.51. The Bertz CT molecular complexity index is 1310. The number of nitrogens with zero attached hydrogens (tertiary/aromatic N) is 3. The van der Waals surface area contributed by atoms with Crippen LogP contribution in [0, 0.1) is 0 Å². The summed E-state index contributed by atoms with van der Waals surface area (Å²) in [6, 6.07) is 12.1. The third-order valence-electron chi connectivity index (χ3n) is 6.75. The van der Waals surface area contributed by atoms with Gasteiger partial charge in [0, 0.05) is 37.5 Å². The fourth-order valence-corrected chi connectivity index (χ4v) is 4.99. The van der Waals surface area contributed by atoms with E-state index < -0.39 is 17.7 Å². The van der Waals surface area contributed by atoms with Crippen LogP contribution in [0.2, 0.25) is 0 Å². The second-order valence-electron chi connectivity index (χ2n) is 9.52. The van der Waals surface area contributed by atoms with Gasteiger partial charge in [0.15, 0.2) is 0 Å². The number of fused-ring (bicyclic) bond motifs is 1. The molecule has 2 unspecified atom stereocenters. The second-order valence-corrected chi connectivity index (χ2v) is 9.52. The molecule has 2 atom stereocenters. The Balaban J connectivity index is 1.50. The van der Waals surface area contributed by atoms with Gasteiger partial charge in [-0.15, -0.1) is 0 Å². The fourth-order valence-electron chi connectivity index (χ4n) is 4.99. The molecule has 0 aliphatic carbocycles. The van der Waals surface area contributed by atoms with Gasteiger partial charge in [0.05, 0.1) is 24.5 Å². The number of imidazole rings is 1. The monoisotopic (exact) mass is 501 g/mol. The van der Waals surface area contributed by atoms with Crippen LogP contribution in [0.15, 0.2) is 66.8 Å². The average molecular weight is 502 g/mol. The van der Waals surface area contributed by atoms with E-state index in [0.29, 0.717) is 31.7 Å². The quantitative estimate of drug-likeness (QED) is 0.264. The first-order valence-corrected chi connectivity index (χ1v) is 12.7. The van der Waals surface area contributed by atoms with E-state index >= 15 is 0 Å². The van der Waals surface area contributed by atoms with Gasteiger partial charge in [-0.05, 0) is 61.2 Å². The van der Waals surface area contributed by atoms with Crippen molar-refractivity contribution < 1.29 is 24.2 Å². The zero-order valence-electron chi connectivity index (χ0n) is 21.1. The van der Waals surface area contributed by atoms with Crippen molar-refractivity contribution in [3.63, 3.8) is 0 Å². The van der Waals surface area contributed by atoms with E-state index in [1.807, 2.05) is 61.0 Å². The largest absolute Gasteiger partial charge is 0.507 e. The van der Waals surface area contributed by atoms with Gasteiger partial charge in [-0.1, -0.05) is 19.1 Å². The van der Waals surface area contributed by atoms with Crippen LogP contribution in [0.1, 0.15) is 49.4 Å². The predicted molar refractivity (Wildman–Crippen MR) is 138 cm³/mol. The van der Waals surface area contributed by atoms with Crippen LogP contribution < -0.4 is 9.47 Å². The molecule has 1 aromatic heterocycles. The molecule has 1 amide bonds. The number of ketones is 1. The molecule has 0 bridgehead atoms. The Kier molecular flexibility index (Phi) is 6.99. The van der Waals surface area contributed by atoms with Crippen molar-refractivity contribution in [2.45, 2.75) is 51.8 Å². The van der Waals surface area contributed by atoms with Crippen LogP contribution in [0.25, 0.3) is 5.76 Å². The third kappa shape index (κ3) is 4.96. The highest BCUT2D eigenvalue weighted by atomic mass is 16.5. The van der Waals surface area contributed by atoms with Crippen LogP contribution in [0.5, 0.6) is 11.5 Å². The smallest absolute Gasteiger partial charge is 0.295 e. The fraction of sp³-hybridized carbons (Fsp3) is 0.345. The lowest BCUT2D eigenvalue weighted by molar-refractivity contribution is -0.139. The molecular weight excluding hydrogens is 470 g/mol. The first-order valence-electron chi connectivity index (χ1n) is 12.7. The molecular formula is C29H31N3O5. The number of hydrogen-bond acceptors (Lipinski definition) is 6. The summed E-state index contributed by atoms with van der Waals surface area (Å²) in [6.07, 6.45) is 7.59. The number of aliphatic hydroxyl groups excluding tert-OH is 1. The molecule has 8 heteroatoms. The highest BCUT2D eigenvalue weighted by Gasteiger charge is 2.45. The van der Waals surface area contributed by atoms with Gasteiger partial charge in [0.1, 0.15) is 23.4 Å². The van der Waals surface area contributed by atoms with E-state index in [-0.39, 0.29) is 17.4 Å². The molecule has 37 heavy (non-hydrogen) atoms. The van der Waals surface area contributed by atoms with Crippen molar-refractivity contribution in [2.75, 3.05) is 13.2 Å². The maximum Gasteiger partial charge on any atom is 0.295 e. The van der Waals surface area contributed by atoms with E-state index in [1.54, 1.807) is 23.5 Å². The first kappa shape index (κ1) is 24.6. The van der Waals surface area contributed by atoms with Crippen LogP contribution in [0.3, 0.4) is 0 Å². The maximum atomic E-state index is 13.3. The molecule has 0 spiro atoms. The minimum Gasteiger partial charge on any atom is -0.507 e. The summed E-state index contributed by atoms with van der Waals surface area (Å²) in [5, 5.41) is 11.4. The molecule has 3 aromatic rings. The highest BCUT2D eigenvalue weighted by Crippen LogP contribution is 2.41. The van der Waals surface area contributed by atoms with Gasteiger partial charge < -0.3 is 24.0 Å². The number of Topliss-reactive ketones (excluding diaryl/α,β-unsaturated/α-hetero) is 1. The van der Waals surface area contributed by atoms with Crippen molar-refractivity contribution in [3.05, 3.63) is 83.4 Å². The van der Waals surface area contributed by atoms with E-state index in [4.69, 9.17) is 9.47 Å². The molecule has 192 valence electrons. The van der Waals surface area contributed by atoms with E-state index in [2.05, 4.69) is 4.98 Å². The number of amides is 1. The lowest BCUT2D eigenvalue weighted by atomic mass is 9.94. The summed E-state index contributed by atoms with van der Waals surface area (Å²) < 4.78 is 13.4.